The Morgan fingerprint density at radius 3 is 2.57 bits per heavy atom. The molecule has 1 N–H and O–H groups in total. The van der Waals surface area contributed by atoms with Crippen LogP contribution in [-0.4, -0.2) is 39.5 Å². The zero-order chi connectivity index (χ0) is 26.5. The van der Waals surface area contributed by atoms with Crippen molar-refractivity contribution >= 4 is 40.0 Å². The van der Waals surface area contributed by atoms with Crippen LogP contribution in [0.2, 0.25) is 0 Å². The Labute approximate surface area is 224 Å². The number of rotatable bonds is 9. The first kappa shape index (κ1) is 26.4. The van der Waals surface area contributed by atoms with Crippen LogP contribution in [0.15, 0.2) is 59.1 Å². The summed E-state index contributed by atoms with van der Waals surface area (Å²) in [6.45, 7) is 6.01. The summed E-state index contributed by atoms with van der Waals surface area (Å²) in [6, 6.07) is 15.5. The molecule has 2 aromatic heterocycles. The van der Waals surface area contributed by atoms with E-state index in [1.54, 1.807) is 0 Å². The van der Waals surface area contributed by atoms with E-state index < -0.39 is 5.97 Å². The van der Waals surface area contributed by atoms with Crippen LogP contribution in [0.4, 0.5) is 5.00 Å². The molecule has 0 bridgehead atoms. The van der Waals surface area contributed by atoms with Crippen molar-refractivity contribution in [2.75, 3.05) is 18.2 Å². The number of hydrogen-bond donors (Lipinski definition) is 1. The van der Waals surface area contributed by atoms with Crippen LogP contribution in [0, 0.1) is 13.8 Å². The predicted molar refractivity (Wildman–Crippen MR) is 146 cm³/mol. The van der Waals surface area contributed by atoms with Crippen molar-refractivity contribution in [1.82, 2.24) is 14.8 Å². The van der Waals surface area contributed by atoms with E-state index in [1.165, 1.54) is 35.8 Å². The number of methoxy groups -OCH3 is 1. The maximum Gasteiger partial charge on any atom is 0.341 e. The summed E-state index contributed by atoms with van der Waals surface area (Å²) in [5, 5.41) is 14.2. The summed E-state index contributed by atoms with van der Waals surface area (Å²) >= 11 is 2.54. The molecular formula is C27H28N4O4S2. The van der Waals surface area contributed by atoms with Gasteiger partial charge in [0.2, 0.25) is 5.91 Å². The maximum absolute atomic E-state index is 12.8. The zero-order valence-corrected chi connectivity index (χ0v) is 22.9. The smallest absolute Gasteiger partial charge is 0.341 e. The zero-order valence-electron chi connectivity index (χ0n) is 21.3. The van der Waals surface area contributed by atoms with Crippen molar-refractivity contribution in [2.45, 2.75) is 32.0 Å². The third-order valence-corrected chi connectivity index (χ3v) is 7.79. The second-order valence-corrected chi connectivity index (χ2v) is 10.3. The quantitative estimate of drug-likeness (QED) is 0.213. The second kappa shape index (κ2) is 11.6. The van der Waals surface area contributed by atoms with Gasteiger partial charge in [-0.25, -0.2) is 4.79 Å². The van der Waals surface area contributed by atoms with Crippen molar-refractivity contribution in [3.05, 3.63) is 76.4 Å². The number of aromatic nitrogens is 3. The number of nitrogens with one attached hydrogen (secondary N) is 1. The molecule has 0 saturated heterocycles. The fraction of sp³-hybridized carbons (Fsp3) is 0.259. The van der Waals surface area contributed by atoms with Crippen LogP contribution in [0.3, 0.4) is 0 Å². The molecule has 1 unspecified atom stereocenters. The average Bonchev–Trinajstić information content (AvgIpc) is 3.48. The Hall–Kier alpha value is -3.63. The van der Waals surface area contributed by atoms with Gasteiger partial charge in [0.1, 0.15) is 16.3 Å². The van der Waals surface area contributed by atoms with Gasteiger partial charge in [0.05, 0.1) is 12.9 Å². The first-order valence-electron chi connectivity index (χ1n) is 11.6. The molecule has 10 heteroatoms. The Balaban J connectivity index is 1.42. The average molecular weight is 537 g/mol. The van der Waals surface area contributed by atoms with Gasteiger partial charge in [0, 0.05) is 18.0 Å². The molecule has 1 amide bonds. The lowest BCUT2D eigenvalue weighted by Gasteiger charge is -2.15. The largest absolute Gasteiger partial charge is 0.483 e. The van der Waals surface area contributed by atoms with Crippen molar-refractivity contribution < 1.29 is 19.1 Å². The van der Waals surface area contributed by atoms with Gasteiger partial charge >= 0.3 is 5.97 Å². The van der Waals surface area contributed by atoms with Gasteiger partial charge in [-0.2, -0.15) is 0 Å². The molecular weight excluding hydrogens is 508 g/mol. The summed E-state index contributed by atoms with van der Waals surface area (Å²) < 4.78 is 12.9. The molecule has 2 heterocycles. The highest BCUT2D eigenvalue weighted by molar-refractivity contribution is 7.99. The maximum atomic E-state index is 12.8. The van der Waals surface area contributed by atoms with E-state index in [2.05, 4.69) is 22.4 Å². The standard InChI is InChI=1S/C27H28N4O4S2/c1-16-11-12-20(13-17(16)2)35-18(3)24-29-30-27(31(24)4)37-15-22(32)28-25-23(26(33)34-5)21(14-36-25)19-9-7-6-8-10-19/h6-14,18H,15H2,1-5H3,(H,28,32). The van der Waals surface area contributed by atoms with Crippen LogP contribution in [0.1, 0.15) is 40.3 Å². The molecule has 4 aromatic rings. The third-order valence-electron chi connectivity index (χ3n) is 5.87. The molecule has 192 valence electrons. The lowest BCUT2D eigenvalue weighted by atomic mass is 10.0. The topological polar surface area (TPSA) is 95.3 Å². The van der Waals surface area contributed by atoms with Crippen LogP contribution in [0.25, 0.3) is 11.1 Å². The van der Waals surface area contributed by atoms with E-state index in [-0.39, 0.29) is 17.8 Å². The molecule has 37 heavy (non-hydrogen) atoms. The lowest BCUT2D eigenvalue weighted by molar-refractivity contribution is -0.113. The van der Waals surface area contributed by atoms with Crippen LogP contribution in [0.5, 0.6) is 5.75 Å². The van der Waals surface area contributed by atoms with Gasteiger partial charge in [0.15, 0.2) is 17.1 Å². The van der Waals surface area contributed by atoms with E-state index in [0.29, 0.717) is 21.5 Å². The molecule has 0 spiro atoms. The summed E-state index contributed by atoms with van der Waals surface area (Å²) in [4.78, 5) is 25.3. The number of thioether (sulfide) groups is 1. The van der Waals surface area contributed by atoms with Crippen LogP contribution >= 0.6 is 23.1 Å². The Morgan fingerprint density at radius 2 is 1.86 bits per heavy atom. The molecule has 0 aliphatic carbocycles. The molecule has 1 atom stereocenters. The summed E-state index contributed by atoms with van der Waals surface area (Å²) in [7, 11) is 3.17. The highest BCUT2D eigenvalue weighted by Crippen LogP contribution is 2.36. The van der Waals surface area contributed by atoms with Gasteiger partial charge in [-0.15, -0.1) is 21.5 Å². The fourth-order valence-corrected chi connectivity index (χ4v) is 5.42. The number of hydrogen-bond acceptors (Lipinski definition) is 8. The van der Waals surface area contributed by atoms with E-state index >= 15 is 0 Å². The molecule has 0 fully saturated rings. The Bertz CT molecular complexity index is 1420. The summed E-state index contributed by atoms with van der Waals surface area (Å²) in [5.74, 6) is 0.746. The molecule has 0 aliphatic heterocycles. The van der Waals surface area contributed by atoms with Crippen molar-refractivity contribution in [1.29, 1.82) is 0 Å². The van der Waals surface area contributed by atoms with Crippen LogP contribution < -0.4 is 10.1 Å². The van der Waals surface area contributed by atoms with Gasteiger partial charge < -0.3 is 19.4 Å². The van der Waals surface area contributed by atoms with E-state index in [9.17, 15) is 9.59 Å². The van der Waals surface area contributed by atoms with Crippen molar-refractivity contribution in [2.24, 2.45) is 7.05 Å². The van der Waals surface area contributed by atoms with E-state index in [1.807, 2.05) is 79.4 Å². The minimum absolute atomic E-state index is 0.0948. The first-order chi connectivity index (χ1) is 17.8. The van der Waals surface area contributed by atoms with Gasteiger partial charge in [-0.3, -0.25) is 4.79 Å². The monoisotopic (exact) mass is 536 g/mol. The third kappa shape index (κ3) is 6.03. The number of anilines is 1. The molecule has 0 aliphatic rings. The first-order valence-corrected chi connectivity index (χ1v) is 13.5. The number of aryl methyl sites for hydroxylation is 2. The lowest BCUT2D eigenvalue weighted by Crippen LogP contribution is -2.16. The molecule has 4 rings (SSSR count). The highest BCUT2D eigenvalue weighted by atomic mass is 32.2. The molecule has 8 nitrogen and oxygen atoms in total. The highest BCUT2D eigenvalue weighted by Gasteiger charge is 2.23. The van der Waals surface area contributed by atoms with Gasteiger partial charge in [-0.1, -0.05) is 48.2 Å². The summed E-state index contributed by atoms with van der Waals surface area (Å²) in [5.41, 5.74) is 4.29. The molecule has 0 saturated carbocycles. The van der Waals surface area contributed by atoms with Gasteiger partial charge in [-0.05, 0) is 49.6 Å². The van der Waals surface area contributed by atoms with E-state index in [0.717, 1.165) is 22.4 Å². The number of carbonyl (C=O) groups is 2. The number of ether oxygens (including phenoxy) is 2. The van der Waals surface area contributed by atoms with Crippen LogP contribution in [-0.2, 0) is 16.6 Å². The number of benzene rings is 2. The number of thiophene rings is 1. The number of carbonyl (C=O) groups excluding carboxylic acids is 2. The predicted octanol–water partition coefficient (Wildman–Crippen LogP) is 5.82. The molecule has 0 radical (unpaired) electrons. The number of nitrogens with zero attached hydrogens (tertiary/aromatic N) is 3. The second-order valence-electron chi connectivity index (χ2n) is 8.45. The Kier molecular flexibility index (Phi) is 8.30. The van der Waals surface area contributed by atoms with Crippen molar-refractivity contribution in [3.63, 3.8) is 0 Å². The summed E-state index contributed by atoms with van der Waals surface area (Å²) in [6.07, 6.45) is -0.326. The number of esters is 1. The Morgan fingerprint density at radius 1 is 1.11 bits per heavy atom. The van der Waals surface area contributed by atoms with Crippen molar-refractivity contribution in [3.8, 4) is 16.9 Å². The molecule has 2 aromatic carbocycles. The fourth-order valence-electron chi connectivity index (χ4n) is 3.73. The SMILES string of the molecule is COC(=O)c1c(-c2ccccc2)csc1NC(=O)CSc1nnc(C(C)Oc2ccc(C)c(C)c2)n1C. The number of amides is 1. The van der Waals surface area contributed by atoms with E-state index in [4.69, 9.17) is 9.47 Å². The normalized spacial score (nSPS) is 11.7. The minimum Gasteiger partial charge on any atom is -0.483 e. The minimum atomic E-state index is -0.501. The van der Waals surface area contributed by atoms with Gasteiger partial charge in [0.25, 0.3) is 0 Å².